The molecule has 26 heavy (non-hydrogen) atoms. The molecule has 0 radical (unpaired) electrons. The summed E-state index contributed by atoms with van der Waals surface area (Å²) in [5.74, 6) is 0.271. The van der Waals surface area contributed by atoms with Crippen molar-refractivity contribution in [2.75, 3.05) is 18.8 Å². The van der Waals surface area contributed by atoms with Gasteiger partial charge in [0, 0.05) is 37.0 Å². The number of aromatic nitrogens is 1. The second-order valence-electron chi connectivity index (χ2n) is 6.58. The highest BCUT2D eigenvalue weighted by Crippen LogP contribution is 2.46. The number of thioether (sulfide) groups is 1. The zero-order valence-corrected chi connectivity index (χ0v) is 14.7. The summed E-state index contributed by atoms with van der Waals surface area (Å²) < 4.78 is 19.4. The predicted molar refractivity (Wildman–Crippen MR) is 95.5 cm³/mol. The molecule has 2 fully saturated rings. The molecule has 0 bridgehead atoms. The van der Waals surface area contributed by atoms with Gasteiger partial charge in [-0.15, -0.1) is 11.8 Å². The summed E-state index contributed by atoms with van der Waals surface area (Å²) in [5, 5.41) is 8.97. The number of halogens is 1. The van der Waals surface area contributed by atoms with Crippen molar-refractivity contribution in [1.82, 2.24) is 9.88 Å². The minimum absolute atomic E-state index is 0.0293. The zero-order chi connectivity index (χ0) is 18.1. The predicted octanol–water partition coefficient (Wildman–Crippen LogP) is 2.87. The Morgan fingerprint density at radius 2 is 2.23 bits per heavy atom. The van der Waals surface area contributed by atoms with Gasteiger partial charge in [-0.1, -0.05) is 6.07 Å². The number of ether oxygens (including phenoxy) is 1. The molecule has 7 heteroatoms. The lowest BCUT2D eigenvalue weighted by atomic mass is 9.92. The normalized spacial score (nSPS) is 20.5. The average molecular weight is 369 g/mol. The van der Waals surface area contributed by atoms with E-state index in [0.717, 1.165) is 12.2 Å². The van der Waals surface area contributed by atoms with Crippen molar-refractivity contribution >= 4 is 17.7 Å². The van der Waals surface area contributed by atoms with Gasteiger partial charge >= 0.3 is 0 Å². The van der Waals surface area contributed by atoms with Gasteiger partial charge < -0.3 is 9.64 Å². The number of benzene rings is 1. The van der Waals surface area contributed by atoms with Crippen molar-refractivity contribution in [3.63, 3.8) is 0 Å². The van der Waals surface area contributed by atoms with Crippen molar-refractivity contribution in [3.05, 3.63) is 59.5 Å². The van der Waals surface area contributed by atoms with Gasteiger partial charge in [0.25, 0.3) is 11.8 Å². The second kappa shape index (κ2) is 6.61. The summed E-state index contributed by atoms with van der Waals surface area (Å²) in [5.41, 5.74) is 1.01. The van der Waals surface area contributed by atoms with Gasteiger partial charge in [0.15, 0.2) is 5.82 Å². The van der Waals surface area contributed by atoms with E-state index in [1.165, 1.54) is 18.3 Å². The quantitative estimate of drug-likeness (QED) is 0.832. The topological polar surface area (TPSA) is 66.2 Å². The first-order valence-electron chi connectivity index (χ1n) is 8.29. The maximum atomic E-state index is 13.7. The van der Waals surface area contributed by atoms with Crippen LogP contribution < -0.4 is 4.74 Å². The fourth-order valence-electron chi connectivity index (χ4n) is 3.41. The van der Waals surface area contributed by atoms with Gasteiger partial charge in [0.2, 0.25) is 0 Å². The summed E-state index contributed by atoms with van der Waals surface area (Å²) in [7, 11) is 0. The van der Waals surface area contributed by atoms with Crippen LogP contribution >= 0.6 is 11.8 Å². The summed E-state index contributed by atoms with van der Waals surface area (Å²) >= 11 is 1.77. The van der Waals surface area contributed by atoms with Crippen LogP contribution in [0.3, 0.4) is 0 Å². The van der Waals surface area contributed by atoms with Gasteiger partial charge in [0.05, 0.1) is 16.4 Å². The summed E-state index contributed by atoms with van der Waals surface area (Å²) in [6, 6.07) is 11.7. The van der Waals surface area contributed by atoms with Crippen molar-refractivity contribution in [2.24, 2.45) is 0 Å². The molecule has 2 aliphatic rings. The molecule has 0 N–H and O–H groups in total. The van der Waals surface area contributed by atoms with E-state index in [0.29, 0.717) is 24.2 Å². The van der Waals surface area contributed by atoms with Gasteiger partial charge in [-0.3, -0.25) is 4.79 Å². The van der Waals surface area contributed by atoms with E-state index in [9.17, 15) is 9.18 Å². The number of hydrogen-bond acceptors (Lipinski definition) is 5. The number of carbonyl (C=O) groups is 1. The largest absolute Gasteiger partial charge is 0.471 e. The maximum Gasteiger partial charge on any atom is 0.253 e. The minimum atomic E-state index is -0.457. The van der Waals surface area contributed by atoms with Crippen molar-refractivity contribution in [2.45, 2.75) is 17.3 Å². The van der Waals surface area contributed by atoms with Crippen molar-refractivity contribution in [1.29, 1.82) is 5.26 Å². The second-order valence-corrected chi connectivity index (χ2v) is 8.07. The zero-order valence-electron chi connectivity index (χ0n) is 13.9. The standard InChI is InChI=1S/C19H16FN3O2S/c20-16-5-2-6-22-17(16)25-15-8-19(26-10-15)11-23(12-19)18(24)14-4-1-3-13(7-14)9-21/h1-7,15H,8,10-12H2/t15-/m0/s1. The average Bonchev–Trinajstić information content (AvgIpc) is 3.06. The highest BCUT2D eigenvalue weighted by atomic mass is 32.2. The Balaban J connectivity index is 1.36. The molecule has 0 aliphatic carbocycles. The Morgan fingerprint density at radius 3 is 3.00 bits per heavy atom. The Labute approximate surface area is 154 Å². The van der Waals surface area contributed by atoms with Gasteiger partial charge in [0.1, 0.15) is 6.10 Å². The van der Waals surface area contributed by atoms with Crippen molar-refractivity contribution < 1.29 is 13.9 Å². The highest BCUT2D eigenvalue weighted by Gasteiger charge is 2.51. The molecule has 1 aromatic heterocycles. The first-order valence-corrected chi connectivity index (χ1v) is 9.28. The molecular weight excluding hydrogens is 353 g/mol. The van der Waals surface area contributed by atoms with E-state index >= 15 is 0 Å². The molecule has 4 rings (SSSR count). The summed E-state index contributed by atoms with van der Waals surface area (Å²) in [6.45, 7) is 1.27. The number of likely N-dealkylation sites (tertiary alicyclic amines) is 1. The number of rotatable bonds is 3. The number of amides is 1. The first-order chi connectivity index (χ1) is 12.6. The highest BCUT2D eigenvalue weighted by molar-refractivity contribution is 8.01. The third kappa shape index (κ3) is 3.13. The van der Waals surface area contributed by atoms with Crippen LogP contribution in [0.1, 0.15) is 22.3 Å². The third-order valence-electron chi connectivity index (χ3n) is 4.66. The number of nitriles is 1. The Hall–Kier alpha value is -2.59. The first kappa shape index (κ1) is 16.9. The Morgan fingerprint density at radius 1 is 1.38 bits per heavy atom. The molecule has 0 unspecified atom stereocenters. The van der Waals surface area contributed by atoms with Crippen molar-refractivity contribution in [3.8, 4) is 11.9 Å². The van der Waals surface area contributed by atoms with Crippen LogP contribution in [-0.2, 0) is 0 Å². The fourth-order valence-corrected chi connectivity index (χ4v) is 4.94. The fraction of sp³-hybridized carbons (Fsp3) is 0.316. The third-order valence-corrected chi connectivity index (χ3v) is 6.24. The minimum Gasteiger partial charge on any atom is -0.471 e. The molecule has 2 saturated heterocycles. The van der Waals surface area contributed by atoms with Gasteiger partial charge in [-0.25, -0.2) is 9.37 Å². The van der Waals surface area contributed by atoms with E-state index in [1.54, 1.807) is 40.9 Å². The molecule has 0 saturated carbocycles. The summed E-state index contributed by atoms with van der Waals surface area (Å²) in [6.07, 6.45) is 2.16. The number of pyridine rings is 1. The van der Waals surface area contributed by atoms with E-state index in [2.05, 4.69) is 11.1 Å². The van der Waals surface area contributed by atoms with E-state index in [4.69, 9.17) is 10.00 Å². The van der Waals surface area contributed by atoms with Crippen LogP contribution in [0.25, 0.3) is 0 Å². The molecule has 1 spiro atoms. The lowest BCUT2D eigenvalue weighted by Crippen LogP contribution is -2.60. The van der Waals surface area contributed by atoms with Crippen LogP contribution in [0.5, 0.6) is 5.88 Å². The van der Waals surface area contributed by atoms with E-state index in [1.807, 2.05) is 0 Å². The number of hydrogen-bond donors (Lipinski definition) is 0. The number of nitrogens with zero attached hydrogens (tertiary/aromatic N) is 3. The van der Waals surface area contributed by atoms with Gasteiger partial charge in [-0.05, 0) is 30.3 Å². The molecule has 2 aromatic rings. The Kier molecular flexibility index (Phi) is 4.29. The lowest BCUT2D eigenvalue weighted by molar-refractivity contribution is 0.0514. The lowest BCUT2D eigenvalue weighted by Gasteiger charge is -2.47. The molecule has 1 atom stereocenters. The summed E-state index contributed by atoms with van der Waals surface area (Å²) in [4.78, 5) is 18.3. The maximum absolute atomic E-state index is 13.7. The smallest absolute Gasteiger partial charge is 0.253 e. The van der Waals surface area contributed by atoms with Crippen LogP contribution in [-0.4, -0.2) is 45.5 Å². The van der Waals surface area contributed by atoms with Crippen LogP contribution in [0.15, 0.2) is 42.6 Å². The van der Waals surface area contributed by atoms with Crippen LogP contribution in [0.2, 0.25) is 0 Å². The SMILES string of the molecule is N#Cc1cccc(C(=O)N2CC3(C[C@H](Oc4ncccc4F)CS3)C2)c1. The van der Waals surface area contributed by atoms with E-state index in [-0.39, 0.29) is 22.6 Å². The van der Waals surface area contributed by atoms with Gasteiger partial charge in [-0.2, -0.15) is 5.26 Å². The Bertz CT molecular complexity index is 892. The molecule has 1 amide bonds. The van der Waals surface area contributed by atoms with E-state index < -0.39 is 5.82 Å². The molecule has 5 nitrogen and oxygen atoms in total. The number of carbonyl (C=O) groups excluding carboxylic acids is 1. The molecule has 132 valence electrons. The monoisotopic (exact) mass is 369 g/mol. The molecule has 3 heterocycles. The van der Waals surface area contributed by atoms with Crippen LogP contribution in [0, 0.1) is 17.1 Å². The molecular formula is C19H16FN3O2S. The molecule has 2 aliphatic heterocycles. The van der Waals surface area contributed by atoms with Crippen LogP contribution in [0.4, 0.5) is 4.39 Å². The molecule has 1 aromatic carbocycles.